The first-order valence-corrected chi connectivity index (χ1v) is 8.97. The van der Waals surface area contributed by atoms with Crippen LogP contribution in [0, 0.1) is 6.92 Å². The van der Waals surface area contributed by atoms with Crippen LogP contribution in [-0.4, -0.2) is 35.3 Å². The summed E-state index contributed by atoms with van der Waals surface area (Å²) in [7, 11) is 1.73. The largest absolute Gasteiger partial charge is 0.496 e. The summed E-state index contributed by atoms with van der Waals surface area (Å²) >= 11 is 0. The Kier molecular flexibility index (Phi) is 4.71. The van der Waals surface area contributed by atoms with E-state index in [2.05, 4.69) is 46.3 Å². The van der Waals surface area contributed by atoms with E-state index < -0.39 is 0 Å². The Hall–Kier alpha value is -2.66. The molecule has 0 N–H and O–H groups in total. The molecule has 0 radical (unpaired) electrons. The third-order valence-electron chi connectivity index (χ3n) is 4.94. The molecule has 2 heterocycles. The second-order valence-electron chi connectivity index (χ2n) is 6.83. The van der Waals surface area contributed by atoms with Gasteiger partial charge >= 0.3 is 0 Å². The Morgan fingerprint density at radius 2 is 2.04 bits per heavy atom. The van der Waals surface area contributed by atoms with Crippen LogP contribution in [0.15, 0.2) is 52.9 Å². The zero-order chi connectivity index (χ0) is 17.9. The van der Waals surface area contributed by atoms with Gasteiger partial charge in [0.15, 0.2) is 0 Å². The van der Waals surface area contributed by atoms with Crippen molar-refractivity contribution in [3.8, 4) is 17.2 Å². The molecule has 1 aromatic heterocycles. The van der Waals surface area contributed by atoms with E-state index >= 15 is 0 Å². The summed E-state index contributed by atoms with van der Waals surface area (Å²) in [6.07, 6.45) is 1.11. The molecule has 0 unspecified atom stereocenters. The molecule has 0 bridgehead atoms. The average Bonchev–Trinajstić information content (AvgIpc) is 3.32. The summed E-state index contributed by atoms with van der Waals surface area (Å²) < 4.78 is 11.4. The minimum Gasteiger partial charge on any atom is -0.496 e. The van der Waals surface area contributed by atoms with Crippen LogP contribution in [0.1, 0.15) is 29.4 Å². The van der Waals surface area contributed by atoms with Crippen molar-refractivity contribution in [2.75, 3.05) is 20.2 Å². The SMILES string of the molecule is COc1ccccc1[C@H]1CCN(Cc2nnc(-c3cccc(C)c3)o2)C1. The van der Waals surface area contributed by atoms with Crippen molar-refractivity contribution in [3.05, 3.63) is 65.5 Å². The first-order chi connectivity index (χ1) is 12.7. The fourth-order valence-electron chi connectivity index (χ4n) is 3.64. The number of likely N-dealkylation sites (tertiary alicyclic amines) is 1. The van der Waals surface area contributed by atoms with Gasteiger partial charge in [-0.2, -0.15) is 0 Å². The highest BCUT2D eigenvalue weighted by Crippen LogP contribution is 2.33. The number of rotatable bonds is 5. The van der Waals surface area contributed by atoms with Crippen LogP contribution in [0.5, 0.6) is 5.75 Å². The highest BCUT2D eigenvalue weighted by Gasteiger charge is 2.27. The monoisotopic (exact) mass is 349 g/mol. The molecule has 1 fully saturated rings. The maximum absolute atomic E-state index is 5.88. The van der Waals surface area contributed by atoms with E-state index in [4.69, 9.17) is 9.15 Å². The molecule has 134 valence electrons. The van der Waals surface area contributed by atoms with Crippen LogP contribution in [0.3, 0.4) is 0 Å². The minimum absolute atomic E-state index is 0.477. The van der Waals surface area contributed by atoms with E-state index in [0.717, 1.165) is 30.8 Å². The van der Waals surface area contributed by atoms with Gasteiger partial charge in [-0.3, -0.25) is 4.90 Å². The Morgan fingerprint density at radius 1 is 1.15 bits per heavy atom. The van der Waals surface area contributed by atoms with Crippen molar-refractivity contribution in [2.45, 2.75) is 25.8 Å². The number of hydrogen-bond acceptors (Lipinski definition) is 5. The van der Waals surface area contributed by atoms with Crippen molar-refractivity contribution in [1.82, 2.24) is 15.1 Å². The number of para-hydroxylation sites is 1. The number of aryl methyl sites for hydroxylation is 1. The Morgan fingerprint density at radius 3 is 2.88 bits per heavy atom. The summed E-state index contributed by atoms with van der Waals surface area (Å²) in [6, 6.07) is 16.4. The number of benzene rings is 2. The molecule has 5 nitrogen and oxygen atoms in total. The molecular formula is C21H23N3O2. The highest BCUT2D eigenvalue weighted by atomic mass is 16.5. The molecule has 2 aromatic carbocycles. The second-order valence-corrected chi connectivity index (χ2v) is 6.83. The number of ether oxygens (including phenoxy) is 1. The lowest BCUT2D eigenvalue weighted by Gasteiger charge is -2.16. The van der Waals surface area contributed by atoms with Gasteiger partial charge < -0.3 is 9.15 Å². The summed E-state index contributed by atoms with van der Waals surface area (Å²) in [5.74, 6) is 2.70. The summed E-state index contributed by atoms with van der Waals surface area (Å²) in [5.41, 5.74) is 3.43. The first kappa shape index (κ1) is 16.8. The van der Waals surface area contributed by atoms with E-state index in [0.29, 0.717) is 24.2 Å². The Balaban J connectivity index is 1.43. The minimum atomic E-state index is 0.477. The molecule has 0 aliphatic carbocycles. The van der Waals surface area contributed by atoms with Crippen LogP contribution in [-0.2, 0) is 6.54 Å². The van der Waals surface area contributed by atoms with Gasteiger partial charge in [0, 0.05) is 18.0 Å². The topological polar surface area (TPSA) is 51.4 Å². The standard InChI is InChI=1S/C21H23N3O2/c1-15-6-5-7-16(12-15)21-23-22-20(26-21)14-24-11-10-17(13-24)18-8-3-4-9-19(18)25-2/h3-9,12,17H,10-11,13-14H2,1-2H3/t17-/m0/s1. The van der Waals surface area contributed by atoms with Gasteiger partial charge in [0.2, 0.25) is 11.8 Å². The van der Waals surface area contributed by atoms with Crippen molar-refractivity contribution in [1.29, 1.82) is 0 Å². The lowest BCUT2D eigenvalue weighted by atomic mass is 9.97. The lowest BCUT2D eigenvalue weighted by Crippen LogP contribution is -2.20. The molecule has 26 heavy (non-hydrogen) atoms. The third-order valence-corrected chi connectivity index (χ3v) is 4.94. The third kappa shape index (κ3) is 3.48. The van der Waals surface area contributed by atoms with E-state index in [1.54, 1.807) is 7.11 Å². The quantitative estimate of drug-likeness (QED) is 0.696. The van der Waals surface area contributed by atoms with Crippen LogP contribution in [0.25, 0.3) is 11.5 Å². The number of methoxy groups -OCH3 is 1. The van der Waals surface area contributed by atoms with Crippen LogP contribution in [0.4, 0.5) is 0 Å². The molecule has 0 amide bonds. The van der Waals surface area contributed by atoms with Crippen molar-refractivity contribution in [3.63, 3.8) is 0 Å². The smallest absolute Gasteiger partial charge is 0.247 e. The van der Waals surface area contributed by atoms with Crippen LogP contribution >= 0.6 is 0 Å². The van der Waals surface area contributed by atoms with Crippen molar-refractivity contribution >= 4 is 0 Å². The average molecular weight is 349 g/mol. The second kappa shape index (κ2) is 7.30. The van der Waals surface area contributed by atoms with Gasteiger partial charge in [-0.25, -0.2) is 0 Å². The van der Waals surface area contributed by atoms with Gasteiger partial charge in [-0.05, 0) is 43.7 Å². The molecular weight excluding hydrogens is 326 g/mol. The molecule has 1 saturated heterocycles. The van der Waals surface area contributed by atoms with Gasteiger partial charge in [0.25, 0.3) is 0 Å². The molecule has 4 rings (SSSR count). The predicted octanol–water partition coefficient (Wildman–Crippen LogP) is 4.04. The fraction of sp³-hybridized carbons (Fsp3) is 0.333. The van der Waals surface area contributed by atoms with Gasteiger partial charge in [0.1, 0.15) is 5.75 Å². The maximum atomic E-state index is 5.88. The van der Waals surface area contributed by atoms with E-state index in [9.17, 15) is 0 Å². The summed E-state index contributed by atoms with van der Waals surface area (Å²) in [4.78, 5) is 2.37. The van der Waals surface area contributed by atoms with Gasteiger partial charge in [-0.1, -0.05) is 35.9 Å². The fourth-order valence-corrected chi connectivity index (χ4v) is 3.64. The van der Waals surface area contributed by atoms with Gasteiger partial charge in [-0.15, -0.1) is 10.2 Å². The van der Waals surface area contributed by atoms with Crippen LogP contribution < -0.4 is 4.74 Å². The molecule has 1 atom stereocenters. The molecule has 0 saturated carbocycles. The lowest BCUT2D eigenvalue weighted by molar-refractivity contribution is 0.288. The molecule has 5 heteroatoms. The Bertz CT molecular complexity index is 890. The molecule has 1 aliphatic rings. The zero-order valence-electron chi connectivity index (χ0n) is 15.2. The number of aromatic nitrogens is 2. The predicted molar refractivity (Wildman–Crippen MR) is 100 cm³/mol. The summed E-state index contributed by atoms with van der Waals surface area (Å²) in [5, 5.41) is 8.45. The maximum Gasteiger partial charge on any atom is 0.247 e. The first-order valence-electron chi connectivity index (χ1n) is 8.97. The number of hydrogen-bond donors (Lipinski definition) is 0. The van der Waals surface area contributed by atoms with Crippen LogP contribution in [0.2, 0.25) is 0 Å². The van der Waals surface area contributed by atoms with E-state index in [1.165, 1.54) is 11.1 Å². The molecule has 1 aliphatic heterocycles. The molecule has 3 aromatic rings. The van der Waals surface area contributed by atoms with Gasteiger partial charge in [0.05, 0.1) is 13.7 Å². The van der Waals surface area contributed by atoms with Crippen molar-refractivity contribution in [2.24, 2.45) is 0 Å². The zero-order valence-corrected chi connectivity index (χ0v) is 15.2. The normalized spacial score (nSPS) is 17.5. The number of nitrogens with zero attached hydrogens (tertiary/aromatic N) is 3. The van der Waals surface area contributed by atoms with E-state index in [1.807, 2.05) is 24.3 Å². The Labute approximate surface area is 153 Å². The molecule has 0 spiro atoms. The van der Waals surface area contributed by atoms with E-state index in [-0.39, 0.29) is 0 Å². The van der Waals surface area contributed by atoms with Crippen molar-refractivity contribution < 1.29 is 9.15 Å². The highest BCUT2D eigenvalue weighted by molar-refractivity contribution is 5.53. The summed E-state index contributed by atoms with van der Waals surface area (Å²) in [6.45, 7) is 4.74.